The molecule has 1 saturated heterocycles. The Bertz CT molecular complexity index is 1670. The highest BCUT2D eigenvalue weighted by Gasteiger charge is 2.24. The van der Waals surface area contributed by atoms with Crippen LogP contribution in [0.2, 0.25) is 0 Å². The van der Waals surface area contributed by atoms with Crippen LogP contribution < -0.4 is 10.5 Å². The Balaban J connectivity index is 1.28. The van der Waals surface area contributed by atoms with Crippen LogP contribution in [0.3, 0.4) is 0 Å². The van der Waals surface area contributed by atoms with Crippen LogP contribution in [0.15, 0.2) is 80.7 Å². The Hall–Kier alpha value is -4.46. The molecule has 0 spiro atoms. The molecule has 0 bridgehead atoms. The highest BCUT2D eigenvalue weighted by molar-refractivity contribution is 6.02. The van der Waals surface area contributed by atoms with E-state index in [0.717, 1.165) is 27.7 Å². The molecule has 37 heavy (non-hydrogen) atoms. The standard InChI is InChI=1S/C29H24FN3O4/c1-18-21-14-23-24(19-5-7-20(30)8-6-19)17-36-25(23)16-26(21)37-29(35)22(18)15-28(34)33-12-10-32(11-13-33)27-4-2-3-9-31-27/h2-9,14,16-17H,10-13,15H2,1H3. The Morgan fingerprint density at radius 2 is 1.78 bits per heavy atom. The maximum absolute atomic E-state index is 13.4. The summed E-state index contributed by atoms with van der Waals surface area (Å²) in [5.41, 5.74) is 3.13. The molecule has 186 valence electrons. The van der Waals surface area contributed by atoms with E-state index in [4.69, 9.17) is 8.83 Å². The van der Waals surface area contributed by atoms with Crippen molar-refractivity contribution in [1.82, 2.24) is 9.88 Å². The lowest BCUT2D eigenvalue weighted by Crippen LogP contribution is -2.49. The van der Waals surface area contributed by atoms with Gasteiger partial charge in [0, 0.05) is 54.8 Å². The van der Waals surface area contributed by atoms with Crippen LogP contribution >= 0.6 is 0 Å². The minimum absolute atomic E-state index is 0.0259. The maximum Gasteiger partial charge on any atom is 0.340 e. The van der Waals surface area contributed by atoms with E-state index < -0.39 is 5.63 Å². The summed E-state index contributed by atoms with van der Waals surface area (Å²) < 4.78 is 24.8. The monoisotopic (exact) mass is 497 g/mol. The molecular weight excluding hydrogens is 473 g/mol. The topological polar surface area (TPSA) is 79.8 Å². The molecule has 0 unspecified atom stereocenters. The Morgan fingerprint density at radius 3 is 2.51 bits per heavy atom. The number of nitrogens with zero attached hydrogens (tertiary/aromatic N) is 3. The van der Waals surface area contributed by atoms with Gasteiger partial charge in [-0.1, -0.05) is 18.2 Å². The number of aromatic nitrogens is 1. The largest absolute Gasteiger partial charge is 0.464 e. The van der Waals surface area contributed by atoms with Crippen LogP contribution in [0, 0.1) is 12.7 Å². The van der Waals surface area contributed by atoms with E-state index in [0.29, 0.717) is 48.5 Å². The number of aryl methyl sites for hydroxylation is 1. The average molecular weight is 498 g/mol. The number of anilines is 1. The summed E-state index contributed by atoms with van der Waals surface area (Å²) in [4.78, 5) is 34.4. The van der Waals surface area contributed by atoms with Gasteiger partial charge in [0.2, 0.25) is 5.91 Å². The van der Waals surface area contributed by atoms with Gasteiger partial charge in [-0.05, 0) is 48.4 Å². The van der Waals surface area contributed by atoms with E-state index in [2.05, 4.69) is 9.88 Å². The number of hydrogen-bond acceptors (Lipinski definition) is 6. The van der Waals surface area contributed by atoms with Crippen molar-refractivity contribution >= 4 is 33.7 Å². The van der Waals surface area contributed by atoms with Gasteiger partial charge >= 0.3 is 5.63 Å². The van der Waals surface area contributed by atoms with Crippen LogP contribution in [-0.4, -0.2) is 42.0 Å². The molecule has 3 aromatic heterocycles. The molecule has 0 saturated carbocycles. The summed E-state index contributed by atoms with van der Waals surface area (Å²) in [5.74, 6) is 0.477. The predicted octanol–water partition coefficient (Wildman–Crippen LogP) is 4.94. The highest BCUT2D eigenvalue weighted by atomic mass is 19.1. The van der Waals surface area contributed by atoms with Crippen molar-refractivity contribution in [2.75, 3.05) is 31.1 Å². The van der Waals surface area contributed by atoms with Crippen molar-refractivity contribution in [3.63, 3.8) is 0 Å². The van der Waals surface area contributed by atoms with Gasteiger partial charge in [0.15, 0.2) is 0 Å². The minimum atomic E-state index is -0.518. The van der Waals surface area contributed by atoms with Crippen molar-refractivity contribution in [2.24, 2.45) is 0 Å². The van der Waals surface area contributed by atoms with Crippen molar-refractivity contribution in [3.05, 3.63) is 94.4 Å². The molecule has 0 atom stereocenters. The van der Waals surface area contributed by atoms with Crippen LogP contribution in [-0.2, 0) is 11.2 Å². The molecule has 0 N–H and O–H groups in total. The van der Waals surface area contributed by atoms with E-state index in [9.17, 15) is 14.0 Å². The molecule has 1 fully saturated rings. The molecule has 5 aromatic rings. The van der Waals surface area contributed by atoms with Gasteiger partial charge in [-0.15, -0.1) is 0 Å². The fourth-order valence-electron chi connectivity index (χ4n) is 4.96. The summed E-state index contributed by atoms with van der Waals surface area (Å²) in [5, 5.41) is 1.55. The first-order chi connectivity index (χ1) is 18.0. The Morgan fingerprint density at radius 1 is 1.00 bits per heavy atom. The maximum atomic E-state index is 13.4. The summed E-state index contributed by atoms with van der Waals surface area (Å²) in [7, 11) is 0. The Kier molecular flexibility index (Phi) is 5.71. The normalized spacial score (nSPS) is 14.0. The van der Waals surface area contributed by atoms with E-state index in [1.165, 1.54) is 12.1 Å². The second kappa shape index (κ2) is 9.20. The lowest BCUT2D eigenvalue weighted by atomic mass is 9.99. The first-order valence-electron chi connectivity index (χ1n) is 12.1. The molecule has 7 nitrogen and oxygen atoms in total. The number of carbonyl (C=O) groups excluding carboxylic acids is 1. The average Bonchev–Trinajstić information content (AvgIpc) is 3.34. The van der Waals surface area contributed by atoms with Gasteiger partial charge < -0.3 is 18.6 Å². The fraction of sp³-hybridized carbons (Fsp3) is 0.207. The highest BCUT2D eigenvalue weighted by Crippen LogP contribution is 2.34. The number of hydrogen-bond donors (Lipinski definition) is 0. The van der Waals surface area contributed by atoms with E-state index >= 15 is 0 Å². The molecule has 2 aromatic carbocycles. The second-order valence-corrected chi connectivity index (χ2v) is 9.23. The molecule has 1 aliphatic rings. The number of benzene rings is 2. The molecule has 0 aliphatic carbocycles. The summed E-state index contributed by atoms with van der Waals surface area (Å²) in [6.45, 7) is 4.32. The van der Waals surface area contributed by atoms with Crippen molar-refractivity contribution < 1.29 is 18.0 Å². The van der Waals surface area contributed by atoms with Gasteiger partial charge in [0.1, 0.15) is 22.8 Å². The molecule has 8 heteroatoms. The summed E-state index contributed by atoms with van der Waals surface area (Å²) >= 11 is 0. The first kappa shape index (κ1) is 23.0. The quantitative estimate of drug-likeness (QED) is 0.327. The van der Waals surface area contributed by atoms with Gasteiger partial charge in [-0.2, -0.15) is 0 Å². The number of rotatable bonds is 4. The summed E-state index contributed by atoms with van der Waals surface area (Å²) in [6, 6.07) is 15.6. The Labute approximate surface area is 211 Å². The lowest BCUT2D eigenvalue weighted by Gasteiger charge is -2.35. The fourth-order valence-corrected chi connectivity index (χ4v) is 4.96. The first-order valence-corrected chi connectivity index (χ1v) is 12.1. The van der Waals surface area contributed by atoms with E-state index in [1.54, 1.807) is 35.6 Å². The molecule has 1 aliphatic heterocycles. The van der Waals surface area contributed by atoms with E-state index in [-0.39, 0.29) is 18.1 Å². The zero-order valence-electron chi connectivity index (χ0n) is 20.2. The second-order valence-electron chi connectivity index (χ2n) is 9.23. The minimum Gasteiger partial charge on any atom is -0.464 e. The number of piperazine rings is 1. The summed E-state index contributed by atoms with van der Waals surface area (Å²) in [6.07, 6.45) is 3.34. The number of halogens is 1. The van der Waals surface area contributed by atoms with Crippen LogP contribution in [0.4, 0.5) is 10.2 Å². The molecule has 4 heterocycles. The lowest BCUT2D eigenvalue weighted by molar-refractivity contribution is -0.130. The van der Waals surface area contributed by atoms with Crippen LogP contribution in [0.25, 0.3) is 33.1 Å². The number of amides is 1. The third kappa shape index (κ3) is 4.24. The third-order valence-corrected chi connectivity index (χ3v) is 7.07. The number of fused-ring (bicyclic) bond motifs is 2. The van der Waals surface area contributed by atoms with Crippen LogP contribution in [0.5, 0.6) is 0 Å². The van der Waals surface area contributed by atoms with Gasteiger partial charge in [-0.25, -0.2) is 14.2 Å². The van der Waals surface area contributed by atoms with Crippen molar-refractivity contribution in [3.8, 4) is 11.1 Å². The molecule has 0 radical (unpaired) electrons. The zero-order chi connectivity index (χ0) is 25.5. The number of pyridine rings is 1. The number of furan rings is 1. The molecular formula is C29H24FN3O4. The predicted molar refractivity (Wildman–Crippen MR) is 139 cm³/mol. The van der Waals surface area contributed by atoms with Gasteiger partial charge in [0.25, 0.3) is 0 Å². The number of carbonyl (C=O) groups is 1. The van der Waals surface area contributed by atoms with Crippen molar-refractivity contribution in [2.45, 2.75) is 13.3 Å². The van der Waals surface area contributed by atoms with E-state index in [1.807, 2.05) is 31.2 Å². The zero-order valence-corrected chi connectivity index (χ0v) is 20.2. The third-order valence-electron chi connectivity index (χ3n) is 7.07. The SMILES string of the molecule is Cc1c(CC(=O)N2CCN(c3ccccn3)CC2)c(=O)oc2cc3occ(-c4ccc(F)cc4)c3cc12. The van der Waals surface area contributed by atoms with Crippen LogP contribution in [0.1, 0.15) is 11.1 Å². The van der Waals surface area contributed by atoms with Crippen molar-refractivity contribution in [1.29, 1.82) is 0 Å². The molecule has 6 rings (SSSR count). The van der Waals surface area contributed by atoms with Gasteiger partial charge in [0.05, 0.1) is 18.2 Å². The molecule has 1 amide bonds. The van der Waals surface area contributed by atoms with Gasteiger partial charge in [-0.3, -0.25) is 4.79 Å². The smallest absolute Gasteiger partial charge is 0.340 e.